The zero-order chi connectivity index (χ0) is 10.1. The summed E-state index contributed by atoms with van der Waals surface area (Å²) in [5, 5.41) is 18.6. The standard InChI is InChI=1S/C9H7BFNO2/c11-6-1-2-7-8(10(13)14)3-4-12-9(7)5-6/h1-5,13-14H. The molecule has 0 radical (unpaired) electrons. The lowest BCUT2D eigenvalue weighted by Crippen LogP contribution is -2.30. The van der Waals surface area contributed by atoms with Gasteiger partial charge in [-0.25, -0.2) is 4.39 Å². The maximum Gasteiger partial charge on any atom is 0.489 e. The first-order valence-corrected chi connectivity index (χ1v) is 4.09. The first kappa shape index (κ1) is 9.11. The molecular weight excluding hydrogens is 184 g/mol. The Labute approximate surface area is 80.0 Å². The van der Waals surface area contributed by atoms with Crippen molar-refractivity contribution in [2.45, 2.75) is 0 Å². The quantitative estimate of drug-likeness (QED) is 0.626. The molecule has 0 aliphatic heterocycles. The van der Waals surface area contributed by atoms with Crippen LogP contribution in [0.15, 0.2) is 30.5 Å². The van der Waals surface area contributed by atoms with Crippen molar-refractivity contribution < 1.29 is 14.4 Å². The predicted octanol–water partition coefficient (Wildman–Crippen LogP) is 0.0537. The van der Waals surface area contributed by atoms with Crippen LogP contribution < -0.4 is 5.46 Å². The van der Waals surface area contributed by atoms with E-state index in [1.54, 1.807) is 0 Å². The van der Waals surface area contributed by atoms with Gasteiger partial charge in [0, 0.05) is 17.6 Å². The van der Waals surface area contributed by atoms with Crippen molar-refractivity contribution in [1.29, 1.82) is 0 Å². The summed E-state index contributed by atoms with van der Waals surface area (Å²) in [5.74, 6) is -0.394. The molecule has 0 bridgehead atoms. The molecule has 0 spiro atoms. The third kappa shape index (κ3) is 1.47. The fourth-order valence-corrected chi connectivity index (χ4v) is 1.37. The van der Waals surface area contributed by atoms with E-state index in [0.717, 1.165) is 0 Å². The van der Waals surface area contributed by atoms with Crippen molar-refractivity contribution in [3.05, 3.63) is 36.3 Å². The molecule has 14 heavy (non-hydrogen) atoms. The fraction of sp³-hybridized carbons (Fsp3) is 0. The lowest BCUT2D eigenvalue weighted by Gasteiger charge is -2.03. The van der Waals surface area contributed by atoms with Crippen LogP contribution in [0.3, 0.4) is 0 Å². The lowest BCUT2D eigenvalue weighted by molar-refractivity contribution is 0.426. The minimum absolute atomic E-state index is 0.329. The van der Waals surface area contributed by atoms with E-state index in [-0.39, 0.29) is 0 Å². The number of hydrogen-bond acceptors (Lipinski definition) is 3. The molecule has 1 aromatic heterocycles. The van der Waals surface area contributed by atoms with Crippen LogP contribution in [-0.4, -0.2) is 22.2 Å². The molecule has 2 aromatic rings. The van der Waals surface area contributed by atoms with Gasteiger partial charge in [-0.15, -0.1) is 0 Å². The summed E-state index contributed by atoms with van der Waals surface area (Å²) in [6.45, 7) is 0. The van der Waals surface area contributed by atoms with Crippen molar-refractivity contribution in [2.75, 3.05) is 0 Å². The van der Waals surface area contributed by atoms with Crippen LogP contribution in [0.2, 0.25) is 0 Å². The van der Waals surface area contributed by atoms with Crippen LogP contribution >= 0.6 is 0 Å². The molecule has 3 nitrogen and oxygen atoms in total. The molecule has 5 heteroatoms. The summed E-state index contributed by atoms with van der Waals surface area (Å²) in [6.07, 6.45) is 1.41. The molecule has 70 valence electrons. The van der Waals surface area contributed by atoms with Gasteiger partial charge in [-0.2, -0.15) is 0 Å². The Morgan fingerprint density at radius 3 is 2.71 bits per heavy atom. The van der Waals surface area contributed by atoms with Gasteiger partial charge in [0.2, 0.25) is 0 Å². The average molecular weight is 191 g/mol. The third-order valence-corrected chi connectivity index (χ3v) is 2.02. The first-order valence-electron chi connectivity index (χ1n) is 4.09. The average Bonchev–Trinajstić information content (AvgIpc) is 2.16. The number of nitrogens with zero attached hydrogens (tertiary/aromatic N) is 1. The summed E-state index contributed by atoms with van der Waals surface area (Å²) in [6, 6.07) is 5.48. The predicted molar refractivity (Wildman–Crippen MR) is 51.5 cm³/mol. The van der Waals surface area contributed by atoms with Gasteiger partial charge in [0.05, 0.1) is 5.52 Å². The normalized spacial score (nSPS) is 10.5. The molecule has 0 saturated heterocycles. The number of aromatic nitrogens is 1. The SMILES string of the molecule is OB(O)c1ccnc2cc(F)ccc12. The van der Waals surface area contributed by atoms with Crippen molar-refractivity contribution in [2.24, 2.45) is 0 Å². The number of fused-ring (bicyclic) bond motifs is 1. The molecule has 0 aliphatic rings. The van der Waals surface area contributed by atoms with Crippen LogP contribution in [0, 0.1) is 5.82 Å². The molecule has 0 aliphatic carbocycles. The highest BCUT2D eigenvalue weighted by atomic mass is 19.1. The molecule has 0 atom stereocenters. The van der Waals surface area contributed by atoms with Gasteiger partial charge >= 0.3 is 7.12 Å². The van der Waals surface area contributed by atoms with Gasteiger partial charge in [0.15, 0.2) is 0 Å². The van der Waals surface area contributed by atoms with E-state index in [1.807, 2.05) is 0 Å². The topological polar surface area (TPSA) is 53.4 Å². The Morgan fingerprint density at radius 2 is 2.00 bits per heavy atom. The number of pyridine rings is 1. The number of hydrogen-bond donors (Lipinski definition) is 2. The van der Waals surface area contributed by atoms with Gasteiger partial charge in [0.1, 0.15) is 5.82 Å². The van der Waals surface area contributed by atoms with Gasteiger partial charge in [-0.3, -0.25) is 4.98 Å². The third-order valence-electron chi connectivity index (χ3n) is 2.02. The van der Waals surface area contributed by atoms with Crippen molar-refractivity contribution in [3.8, 4) is 0 Å². The fourth-order valence-electron chi connectivity index (χ4n) is 1.37. The van der Waals surface area contributed by atoms with Gasteiger partial charge in [-0.05, 0) is 17.6 Å². The lowest BCUT2D eigenvalue weighted by atomic mass is 9.78. The zero-order valence-corrected chi connectivity index (χ0v) is 7.18. The van der Waals surface area contributed by atoms with E-state index < -0.39 is 12.9 Å². The Kier molecular flexibility index (Phi) is 2.19. The van der Waals surface area contributed by atoms with E-state index in [0.29, 0.717) is 16.4 Å². The number of halogens is 1. The second-order valence-electron chi connectivity index (χ2n) is 2.94. The van der Waals surface area contributed by atoms with E-state index >= 15 is 0 Å². The molecule has 0 amide bonds. The summed E-state index contributed by atoms with van der Waals surface area (Å²) < 4.78 is 12.8. The molecule has 1 heterocycles. The monoisotopic (exact) mass is 191 g/mol. The van der Waals surface area contributed by atoms with Crippen LogP contribution in [0.5, 0.6) is 0 Å². The van der Waals surface area contributed by atoms with Crippen molar-refractivity contribution in [1.82, 2.24) is 4.98 Å². The number of benzene rings is 1. The first-order chi connectivity index (χ1) is 6.68. The van der Waals surface area contributed by atoms with E-state index in [1.165, 1.54) is 30.5 Å². The zero-order valence-electron chi connectivity index (χ0n) is 7.18. The van der Waals surface area contributed by atoms with Crippen LogP contribution in [0.25, 0.3) is 10.9 Å². The maximum absolute atomic E-state index is 12.8. The smallest absolute Gasteiger partial charge is 0.423 e. The van der Waals surface area contributed by atoms with E-state index in [9.17, 15) is 4.39 Å². The van der Waals surface area contributed by atoms with Crippen molar-refractivity contribution in [3.63, 3.8) is 0 Å². The number of rotatable bonds is 1. The maximum atomic E-state index is 12.8. The van der Waals surface area contributed by atoms with E-state index in [4.69, 9.17) is 10.0 Å². The van der Waals surface area contributed by atoms with Crippen LogP contribution in [0.4, 0.5) is 4.39 Å². The van der Waals surface area contributed by atoms with Crippen LogP contribution in [-0.2, 0) is 0 Å². The summed E-state index contributed by atoms with van der Waals surface area (Å²) >= 11 is 0. The Balaban J connectivity index is 2.75. The minimum Gasteiger partial charge on any atom is -0.423 e. The highest BCUT2D eigenvalue weighted by molar-refractivity contribution is 6.61. The van der Waals surface area contributed by atoms with Gasteiger partial charge in [0.25, 0.3) is 0 Å². The molecule has 0 unspecified atom stereocenters. The molecular formula is C9H7BFNO2. The molecule has 2 N–H and O–H groups in total. The Bertz CT molecular complexity index is 475. The van der Waals surface area contributed by atoms with Crippen LogP contribution in [0.1, 0.15) is 0 Å². The van der Waals surface area contributed by atoms with Crippen molar-refractivity contribution >= 4 is 23.5 Å². The Morgan fingerprint density at radius 1 is 1.21 bits per heavy atom. The Hall–Kier alpha value is -1.46. The molecule has 1 aromatic carbocycles. The van der Waals surface area contributed by atoms with Gasteiger partial charge in [-0.1, -0.05) is 6.07 Å². The molecule has 0 saturated carbocycles. The highest BCUT2D eigenvalue weighted by Gasteiger charge is 2.14. The summed E-state index contributed by atoms with van der Waals surface area (Å²) in [4.78, 5) is 3.92. The molecule has 0 fully saturated rings. The summed E-state index contributed by atoms with van der Waals surface area (Å²) in [5.41, 5.74) is 0.741. The highest BCUT2D eigenvalue weighted by Crippen LogP contribution is 2.10. The van der Waals surface area contributed by atoms with Gasteiger partial charge < -0.3 is 10.0 Å². The summed E-state index contributed by atoms with van der Waals surface area (Å²) in [7, 11) is -1.56. The largest absolute Gasteiger partial charge is 0.489 e. The molecule has 2 rings (SSSR count). The second-order valence-corrected chi connectivity index (χ2v) is 2.94. The van der Waals surface area contributed by atoms with E-state index in [2.05, 4.69) is 4.98 Å². The minimum atomic E-state index is -1.56. The second kappa shape index (κ2) is 3.36.